The highest BCUT2D eigenvalue weighted by Gasteiger charge is 2.31. The molecule has 1 aromatic rings. The molecule has 0 spiro atoms. The molecule has 8 heteroatoms. The summed E-state index contributed by atoms with van der Waals surface area (Å²) in [6, 6.07) is 1.53. The molecular formula is C12H20N4O4. The highest BCUT2D eigenvalue weighted by atomic mass is 16.5. The first-order valence-electron chi connectivity index (χ1n) is 6.48. The molecule has 112 valence electrons. The number of nitrogen functional groups attached to an aromatic ring is 1. The molecule has 0 saturated carbocycles. The van der Waals surface area contributed by atoms with Crippen molar-refractivity contribution in [2.24, 2.45) is 5.84 Å². The van der Waals surface area contributed by atoms with Gasteiger partial charge < -0.3 is 14.4 Å². The van der Waals surface area contributed by atoms with Gasteiger partial charge in [0.2, 0.25) is 0 Å². The summed E-state index contributed by atoms with van der Waals surface area (Å²) in [7, 11) is 1.87. The highest BCUT2D eigenvalue weighted by molar-refractivity contribution is 5.91. The van der Waals surface area contributed by atoms with E-state index in [1.54, 1.807) is 0 Å². The van der Waals surface area contributed by atoms with Crippen LogP contribution in [0.5, 0.6) is 0 Å². The number of aromatic nitrogens is 1. The molecule has 1 aromatic heterocycles. The van der Waals surface area contributed by atoms with Gasteiger partial charge >= 0.3 is 0 Å². The van der Waals surface area contributed by atoms with E-state index in [4.69, 9.17) is 15.1 Å². The second-order valence-corrected chi connectivity index (χ2v) is 5.16. The summed E-state index contributed by atoms with van der Waals surface area (Å²) < 4.78 is 10.3. The van der Waals surface area contributed by atoms with Gasteiger partial charge in [0.05, 0.1) is 12.1 Å². The molecule has 0 bridgehead atoms. The van der Waals surface area contributed by atoms with Crippen LogP contribution in [0.3, 0.4) is 0 Å². The molecule has 2 rings (SSSR count). The predicted molar refractivity (Wildman–Crippen MR) is 69.5 cm³/mol. The summed E-state index contributed by atoms with van der Waals surface area (Å²) in [5, 5.41) is 14.0. The lowest BCUT2D eigenvalue weighted by Crippen LogP contribution is -2.45. The Balaban J connectivity index is 1.89. The average Bonchev–Trinajstić information content (AvgIpc) is 2.86. The third-order valence-electron chi connectivity index (χ3n) is 3.34. The number of ether oxygens (including phenoxy) is 1. The number of hydrazine groups is 1. The van der Waals surface area contributed by atoms with Crippen molar-refractivity contribution in [2.45, 2.75) is 25.0 Å². The Morgan fingerprint density at radius 1 is 1.60 bits per heavy atom. The zero-order chi connectivity index (χ0) is 14.6. The number of hydrogen-bond acceptors (Lipinski definition) is 7. The van der Waals surface area contributed by atoms with E-state index >= 15 is 0 Å². The monoisotopic (exact) mass is 284 g/mol. The maximum absolute atomic E-state index is 11.3. The SMILES string of the molecule is CN(Cc1cc(C(=O)NN)no1)CC1(O)CCOCC1. The van der Waals surface area contributed by atoms with E-state index in [0.29, 0.717) is 44.9 Å². The van der Waals surface area contributed by atoms with Crippen molar-refractivity contribution < 1.29 is 19.2 Å². The number of hydrogen-bond donors (Lipinski definition) is 3. The van der Waals surface area contributed by atoms with Crippen LogP contribution >= 0.6 is 0 Å². The Kier molecular flexibility index (Phi) is 4.71. The fraction of sp³-hybridized carbons (Fsp3) is 0.667. The number of aliphatic hydroxyl groups is 1. The molecule has 1 saturated heterocycles. The molecule has 1 aliphatic heterocycles. The number of nitrogens with zero attached hydrogens (tertiary/aromatic N) is 2. The van der Waals surface area contributed by atoms with Gasteiger partial charge in [0.1, 0.15) is 0 Å². The van der Waals surface area contributed by atoms with Crippen LogP contribution in [0.2, 0.25) is 0 Å². The number of nitrogens with one attached hydrogen (secondary N) is 1. The van der Waals surface area contributed by atoms with E-state index in [9.17, 15) is 9.90 Å². The van der Waals surface area contributed by atoms with Gasteiger partial charge in [-0.2, -0.15) is 0 Å². The first kappa shape index (κ1) is 14.9. The van der Waals surface area contributed by atoms with E-state index in [1.807, 2.05) is 17.4 Å². The van der Waals surface area contributed by atoms with Crippen LogP contribution < -0.4 is 11.3 Å². The van der Waals surface area contributed by atoms with Crippen LogP contribution in [0.25, 0.3) is 0 Å². The largest absolute Gasteiger partial charge is 0.388 e. The van der Waals surface area contributed by atoms with Gasteiger partial charge in [-0.3, -0.25) is 15.1 Å². The van der Waals surface area contributed by atoms with Gasteiger partial charge in [-0.05, 0) is 7.05 Å². The number of rotatable bonds is 5. The molecular weight excluding hydrogens is 264 g/mol. The average molecular weight is 284 g/mol. The first-order valence-corrected chi connectivity index (χ1v) is 6.48. The van der Waals surface area contributed by atoms with Gasteiger partial charge in [0.15, 0.2) is 11.5 Å². The molecule has 20 heavy (non-hydrogen) atoms. The van der Waals surface area contributed by atoms with Gasteiger partial charge in [-0.25, -0.2) is 5.84 Å². The third kappa shape index (κ3) is 3.76. The summed E-state index contributed by atoms with van der Waals surface area (Å²) in [6.07, 6.45) is 1.24. The molecule has 1 fully saturated rings. The maximum Gasteiger partial charge on any atom is 0.287 e. The van der Waals surface area contributed by atoms with Crippen LogP contribution in [-0.2, 0) is 11.3 Å². The normalized spacial score (nSPS) is 18.2. The van der Waals surface area contributed by atoms with Crippen molar-refractivity contribution in [3.05, 3.63) is 17.5 Å². The van der Waals surface area contributed by atoms with Gasteiger partial charge in [-0.15, -0.1) is 0 Å². The smallest absolute Gasteiger partial charge is 0.287 e. The van der Waals surface area contributed by atoms with Crippen molar-refractivity contribution in [3.8, 4) is 0 Å². The van der Waals surface area contributed by atoms with Crippen molar-refractivity contribution in [3.63, 3.8) is 0 Å². The number of carbonyl (C=O) groups excluding carboxylic acids is 1. The fourth-order valence-corrected chi connectivity index (χ4v) is 2.30. The van der Waals surface area contributed by atoms with E-state index in [0.717, 1.165) is 0 Å². The van der Waals surface area contributed by atoms with Crippen LogP contribution in [0, 0.1) is 0 Å². The van der Waals surface area contributed by atoms with Crippen LogP contribution in [0.1, 0.15) is 29.1 Å². The number of amides is 1. The molecule has 0 unspecified atom stereocenters. The van der Waals surface area contributed by atoms with E-state index in [1.165, 1.54) is 6.07 Å². The van der Waals surface area contributed by atoms with Crippen LogP contribution in [0.4, 0.5) is 0 Å². The minimum Gasteiger partial charge on any atom is -0.388 e. The molecule has 2 heterocycles. The van der Waals surface area contributed by atoms with Crippen LogP contribution in [0.15, 0.2) is 10.6 Å². The molecule has 0 aliphatic carbocycles. The first-order chi connectivity index (χ1) is 9.52. The summed E-state index contributed by atoms with van der Waals surface area (Å²) in [5.74, 6) is 5.07. The molecule has 8 nitrogen and oxygen atoms in total. The Labute approximate surface area is 116 Å². The molecule has 1 amide bonds. The number of carbonyl (C=O) groups is 1. The van der Waals surface area contributed by atoms with E-state index < -0.39 is 11.5 Å². The highest BCUT2D eigenvalue weighted by Crippen LogP contribution is 2.22. The van der Waals surface area contributed by atoms with Crippen molar-refractivity contribution >= 4 is 5.91 Å². The summed E-state index contributed by atoms with van der Waals surface area (Å²) in [5.41, 5.74) is 1.40. The van der Waals surface area contributed by atoms with Gasteiger partial charge in [-0.1, -0.05) is 5.16 Å². The maximum atomic E-state index is 11.3. The quantitative estimate of drug-likeness (QED) is 0.370. The predicted octanol–water partition coefficient (Wildman–Crippen LogP) is -0.749. The van der Waals surface area contributed by atoms with Crippen molar-refractivity contribution in [1.29, 1.82) is 0 Å². The lowest BCUT2D eigenvalue weighted by molar-refractivity contribution is -0.0783. The lowest BCUT2D eigenvalue weighted by atomic mass is 9.94. The minimum absolute atomic E-state index is 0.140. The zero-order valence-corrected chi connectivity index (χ0v) is 11.5. The number of likely N-dealkylation sites (N-methyl/N-ethyl adjacent to an activating group) is 1. The van der Waals surface area contributed by atoms with E-state index in [-0.39, 0.29) is 5.69 Å². The summed E-state index contributed by atoms with van der Waals surface area (Å²) in [4.78, 5) is 13.2. The Morgan fingerprint density at radius 3 is 2.95 bits per heavy atom. The van der Waals surface area contributed by atoms with Crippen molar-refractivity contribution in [2.75, 3.05) is 26.8 Å². The standard InChI is InChI=1S/C12H20N4O4/c1-16(8-12(18)2-4-19-5-3-12)7-9-6-10(15-20-9)11(17)14-13/h6,18H,2-5,7-8,13H2,1H3,(H,14,17). The number of nitrogens with two attached hydrogens (primary N) is 1. The molecule has 0 radical (unpaired) electrons. The van der Waals surface area contributed by atoms with Crippen LogP contribution in [-0.4, -0.2) is 53.5 Å². The molecule has 0 aromatic carbocycles. The van der Waals surface area contributed by atoms with Gasteiger partial charge in [0.25, 0.3) is 5.91 Å². The summed E-state index contributed by atoms with van der Waals surface area (Å²) in [6.45, 7) is 2.12. The Hall–Kier alpha value is -1.48. The molecule has 0 atom stereocenters. The lowest BCUT2D eigenvalue weighted by Gasteiger charge is -2.35. The Morgan fingerprint density at radius 2 is 2.30 bits per heavy atom. The van der Waals surface area contributed by atoms with Crippen molar-refractivity contribution in [1.82, 2.24) is 15.5 Å². The third-order valence-corrected chi connectivity index (χ3v) is 3.34. The Bertz CT molecular complexity index is 456. The summed E-state index contributed by atoms with van der Waals surface area (Å²) >= 11 is 0. The van der Waals surface area contributed by atoms with E-state index in [2.05, 4.69) is 5.16 Å². The second-order valence-electron chi connectivity index (χ2n) is 5.16. The molecule has 4 N–H and O–H groups in total. The molecule has 1 aliphatic rings. The minimum atomic E-state index is -0.732. The zero-order valence-electron chi connectivity index (χ0n) is 11.5. The second kappa shape index (κ2) is 6.31. The fourth-order valence-electron chi connectivity index (χ4n) is 2.30. The topological polar surface area (TPSA) is 114 Å². The van der Waals surface area contributed by atoms with Gasteiger partial charge in [0, 0.05) is 38.7 Å².